The van der Waals surface area contributed by atoms with Crippen molar-refractivity contribution in [2.75, 3.05) is 23.4 Å². The molecule has 2 heterocycles. The zero-order valence-electron chi connectivity index (χ0n) is 24.8. The van der Waals surface area contributed by atoms with Crippen LogP contribution in [0.5, 0.6) is 0 Å². The van der Waals surface area contributed by atoms with Crippen LogP contribution in [-0.4, -0.2) is 65.8 Å². The zero-order valence-corrected chi connectivity index (χ0v) is 27.1. The minimum atomic E-state index is -4.75. The van der Waals surface area contributed by atoms with E-state index in [1.807, 2.05) is 13.0 Å². The topological polar surface area (TPSA) is 213 Å². The van der Waals surface area contributed by atoms with Crippen LogP contribution in [0.1, 0.15) is 54.5 Å². The predicted molar refractivity (Wildman–Crippen MR) is 149 cm³/mol. The van der Waals surface area contributed by atoms with Crippen LogP contribution in [0.15, 0.2) is 30.3 Å². The van der Waals surface area contributed by atoms with Gasteiger partial charge in [0.2, 0.25) is 0 Å². The molecule has 246 valence electrons. The number of carboxylic acids is 2. The Morgan fingerprint density at radius 2 is 1.62 bits per heavy atom. The van der Waals surface area contributed by atoms with E-state index < -0.39 is 47.3 Å². The van der Waals surface area contributed by atoms with E-state index in [2.05, 4.69) is 4.98 Å². The third kappa shape index (κ3) is 10.8. The number of anilines is 2. The number of carbonyl (C=O) groups is 3. The molecular weight excluding hydrogens is 780 g/mol. The molecule has 0 bridgehead atoms. The number of aliphatic hydroxyl groups is 1. The van der Waals surface area contributed by atoms with Gasteiger partial charge in [0.25, 0.3) is 5.91 Å². The van der Waals surface area contributed by atoms with Gasteiger partial charge in [0, 0.05) is 37.1 Å². The fourth-order valence-corrected chi connectivity index (χ4v) is 4.86. The Morgan fingerprint density at radius 3 is 2.07 bits per heavy atom. The van der Waals surface area contributed by atoms with Gasteiger partial charge in [-0.05, 0) is 56.9 Å². The molecule has 2 fully saturated rings. The number of aromatic nitrogens is 1. The average molecular weight is 816 g/mol. The molecule has 5 N–H and O–H groups in total. The number of carbonyl (C=O) groups excluding carboxylic acids is 3. The molecule has 1 aliphatic carbocycles. The first-order valence-electron chi connectivity index (χ1n) is 13.7. The zero-order chi connectivity index (χ0) is 33.4. The number of aliphatic carboxylic acids is 2. The smallest absolute Gasteiger partial charge is 0.543 e. The maximum Gasteiger partial charge on any atom is 4.00 e. The Hall–Kier alpha value is -3.57. The first-order valence-corrected chi connectivity index (χ1v) is 13.7. The van der Waals surface area contributed by atoms with Gasteiger partial charge in [0.1, 0.15) is 23.5 Å². The summed E-state index contributed by atoms with van der Waals surface area (Å²) in [5, 5.41) is 37.8. The number of nitrogens with two attached hydrogens (primary N) is 2. The molecule has 2 aliphatic rings. The van der Waals surface area contributed by atoms with Crippen LogP contribution in [0.25, 0.3) is 0 Å². The summed E-state index contributed by atoms with van der Waals surface area (Å²) in [6, 6.07) is 8.97. The van der Waals surface area contributed by atoms with Gasteiger partial charge >= 0.3 is 27.2 Å². The number of aliphatic hydroxyl groups excluding tert-OH is 1. The number of aryl methyl sites for hydroxylation is 2. The van der Waals surface area contributed by atoms with Gasteiger partial charge in [0.05, 0.1) is 23.6 Å². The Labute approximate surface area is 273 Å². The Kier molecular flexibility index (Phi) is 15.1. The Balaban J connectivity index is 0.000000557. The van der Waals surface area contributed by atoms with Gasteiger partial charge in [-0.25, -0.2) is 4.98 Å². The van der Waals surface area contributed by atoms with Gasteiger partial charge in [-0.15, -0.1) is 0 Å². The van der Waals surface area contributed by atoms with Crippen LogP contribution in [-0.2, 0) is 41.6 Å². The number of amides is 1. The number of alkyl halides is 3. The van der Waals surface area contributed by atoms with Crippen molar-refractivity contribution in [3.63, 3.8) is 0 Å². The second kappa shape index (κ2) is 17.2. The molecule has 2 aromatic rings. The van der Waals surface area contributed by atoms with E-state index in [1.165, 1.54) is 36.6 Å². The predicted octanol–water partition coefficient (Wildman–Crippen LogP) is -0.110. The molecule has 16 heteroatoms. The van der Waals surface area contributed by atoms with Crippen molar-refractivity contribution in [1.29, 1.82) is 5.26 Å². The number of carboxylic acid groups (broad SMARTS) is 2. The van der Waals surface area contributed by atoms with Gasteiger partial charge in [-0.1, -0.05) is 25.0 Å². The van der Waals surface area contributed by atoms with E-state index in [9.17, 15) is 28.3 Å². The van der Waals surface area contributed by atoms with Gasteiger partial charge in [-0.2, -0.15) is 18.4 Å². The Morgan fingerprint density at radius 1 is 1.07 bits per heavy atom. The summed E-state index contributed by atoms with van der Waals surface area (Å²) in [6.07, 6.45) is -0.886. The molecular formula is C29H35F3N6O6Pt+2. The number of halogens is 3. The average Bonchev–Trinajstić information content (AvgIpc) is 3.34. The molecule has 4 rings (SSSR count). The molecule has 1 aliphatic heterocycles. The number of hydrogen-bond donors (Lipinski definition) is 3. The van der Waals surface area contributed by atoms with Crippen LogP contribution in [0.3, 0.4) is 0 Å². The maximum atomic E-state index is 13.5. The first-order chi connectivity index (χ1) is 20.5. The van der Waals surface area contributed by atoms with Crippen molar-refractivity contribution < 1.29 is 63.9 Å². The van der Waals surface area contributed by atoms with E-state index in [-0.39, 0.29) is 57.6 Å². The minimum Gasteiger partial charge on any atom is -0.543 e. The number of pyridine rings is 1. The fourth-order valence-electron chi connectivity index (χ4n) is 4.86. The van der Waals surface area contributed by atoms with Crippen molar-refractivity contribution >= 4 is 29.4 Å². The second-order valence-electron chi connectivity index (χ2n) is 10.5. The largest absolute Gasteiger partial charge is 4.00 e. The SMILES string of the molecule is Cc1cccc(N(C)C(=O)C2C(O)CCN2c2nc(C)cc(C(F)(F)F)c2C#N)c1.N[C@@H]1CCCC[C@H]1N.O=C([O-])C(=O)[O-].[Pt+4]. The van der Waals surface area contributed by atoms with E-state index >= 15 is 0 Å². The van der Waals surface area contributed by atoms with Crippen molar-refractivity contribution in [2.24, 2.45) is 11.5 Å². The van der Waals surface area contributed by atoms with Crippen LogP contribution in [0.4, 0.5) is 24.7 Å². The third-order valence-electron chi connectivity index (χ3n) is 7.20. The molecule has 1 aromatic carbocycles. The molecule has 45 heavy (non-hydrogen) atoms. The maximum absolute atomic E-state index is 13.5. The quantitative estimate of drug-likeness (QED) is 0.348. The van der Waals surface area contributed by atoms with Crippen molar-refractivity contribution in [2.45, 2.75) is 76.4 Å². The summed E-state index contributed by atoms with van der Waals surface area (Å²) >= 11 is 0. The van der Waals surface area contributed by atoms with Crippen LogP contribution in [0.2, 0.25) is 0 Å². The van der Waals surface area contributed by atoms with Gasteiger partial charge in [-0.3, -0.25) is 4.79 Å². The standard InChI is InChI=1S/C21H21F3N4O2.C6H14N2.C2H2O4.Pt/c1-12-5-4-6-14(9-12)27(3)20(30)18-17(29)7-8-28(18)19-15(11-25)16(21(22,23)24)10-13(2)26-19;7-5-3-1-2-4-6(5)8;3-1(4)2(5)6;/h4-6,9-10,17-18,29H,7-8H2,1-3H3;5-6H,1-4,7-8H2;(H,3,4)(H,5,6);/q;;;+4/p-2/t;5-,6-;;/m.1../s1. The molecule has 1 saturated heterocycles. The molecule has 0 radical (unpaired) electrons. The van der Waals surface area contributed by atoms with Crippen molar-refractivity contribution in [3.8, 4) is 6.07 Å². The number of nitriles is 1. The summed E-state index contributed by atoms with van der Waals surface area (Å²) in [5.41, 5.74) is 11.1. The van der Waals surface area contributed by atoms with Crippen molar-refractivity contribution in [1.82, 2.24) is 4.98 Å². The first kappa shape index (κ1) is 39.5. The second-order valence-corrected chi connectivity index (χ2v) is 10.5. The van der Waals surface area contributed by atoms with E-state index in [1.54, 1.807) is 24.3 Å². The summed E-state index contributed by atoms with van der Waals surface area (Å²) in [4.78, 5) is 37.9. The molecule has 1 amide bonds. The molecule has 0 spiro atoms. The number of nitrogens with zero attached hydrogens (tertiary/aromatic N) is 4. The number of hydrogen-bond acceptors (Lipinski definition) is 11. The summed E-state index contributed by atoms with van der Waals surface area (Å²) in [7, 11) is 1.54. The van der Waals surface area contributed by atoms with Gasteiger partial charge in [0.15, 0.2) is 0 Å². The summed E-state index contributed by atoms with van der Waals surface area (Å²) in [6.45, 7) is 3.36. The van der Waals surface area contributed by atoms with Crippen LogP contribution >= 0.6 is 0 Å². The normalized spacial score (nSPS) is 20.7. The molecule has 2 unspecified atom stereocenters. The summed E-state index contributed by atoms with van der Waals surface area (Å²) in [5.74, 6) is -5.10. The Bertz CT molecular complexity index is 1370. The third-order valence-corrected chi connectivity index (χ3v) is 7.20. The van der Waals surface area contributed by atoms with Crippen LogP contribution < -0.4 is 31.5 Å². The van der Waals surface area contributed by atoms with Gasteiger partial charge < -0.3 is 46.2 Å². The van der Waals surface area contributed by atoms with Crippen LogP contribution in [0, 0.1) is 25.2 Å². The fraction of sp³-hybridized carbons (Fsp3) is 0.483. The number of likely N-dealkylation sites (N-methyl/N-ethyl adjacent to an activating group) is 1. The monoisotopic (exact) mass is 815 g/mol. The molecule has 1 aromatic heterocycles. The van der Waals surface area contributed by atoms with E-state index in [0.29, 0.717) is 5.69 Å². The minimum absolute atomic E-state index is 0. The van der Waals surface area contributed by atoms with E-state index in [0.717, 1.165) is 24.5 Å². The summed E-state index contributed by atoms with van der Waals surface area (Å²) < 4.78 is 40.4. The molecule has 12 nitrogen and oxygen atoms in total. The van der Waals surface area contributed by atoms with E-state index in [4.69, 9.17) is 31.3 Å². The van der Waals surface area contributed by atoms with Crippen molar-refractivity contribution in [3.05, 3.63) is 52.7 Å². The molecule has 4 atom stereocenters. The number of rotatable bonds is 3. The molecule has 1 saturated carbocycles. The number of benzene rings is 1.